The van der Waals surface area contributed by atoms with E-state index in [1.807, 2.05) is 18.2 Å². The standard InChI is InChI=1S/C12H9ClN4OS2/c13-8-4-2-1-3-7(8)11-17-16-9(18-11)6-19-10-5-15-12(14)20-10/h1-5H,6H2,(H2,14,15). The molecule has 0 atom stereocenters. The van der Waals surface area contributed by atoms with Crippen molar-refractivity contribution in [2.75, 3.05) is 5.73 Å². The molecule has 0 aliphatic carbocycles. The molecule has 2 N–H and O–H groups in total. The van der Waals surface area contributed by atoms with Gasteiger partial charge in [-0.25, -0.2) is 4.98 Å². The number of hydrogen-bond acceptors (Lipinski definition) is 7. The van der Waals surface area contributed by atoms with Gasteiger partial charge in [0.05, 0.1) is 26.7 Å². The fourth-order valence-corrected chi connectivity index (χ4v) is 3.34. The molecule has 0 aliphatic rings. The number of thiazole rings is 1. The maximum atomic E-state index is 6.09. The number of anilines is 1. The Morgan fingerprint density at radius 1 is 1.30 bits per heavy atom. The Morgan fingerprint density at radius 3 is 2.90 bits per heavy atom. The minimum atomic E-state index is 0.426. The monoisotopic (exact) mass is 324 g/mol. The van der Waals surface area contributed by atoms with E-state index in [2.05, 4.69) is 15.2 Å². The van der Waals surface area contributed by atoms with Crippen molar-refractivity contribution in [1.29, 1.82) is 0 Å². The quantitative estimate of drug-likeness (QED) is 0.737. The SMILES string of the molecule is Nc1ncc(SCc2nnc(-c3ccccc3Cl)o2)s1. The van der Waals surface area contributed by atoms with E-state index in [1.54, 1.807) is 24.0 Å². The maximum Gasteiger partial charge on any atom is 0.249 e. The van der Waals surface area contributed by atoms with Crippen molar-refractivity contribution in [1.82, 2.24) is 15.2 Å². The van der Waals surface area contributed by atoms with E-state index in [-0.39, 0.29) is 0 Å². The number of hydrogen-bond donors (Lipinski definition) is 1. The summed E-state index contributed by atoms with van der Waals surface area (Å²) in [5.41, 5.74) is 6.31. The van der Waals surface area contributed by atoms with Crippen LogP contribution < -0.4 is 5.73 Å². The number of aromatic nitrogens is 3. The van der Waals surface area contributed by atoms with Crippen molar-refractivity contribution in [3.8, 4) is 11.5 Å². The van der Waals surface area contributed by atoms with Crippen LogP contribution in [0.25, 0.3) is 11.5 Å². The van der Waals surface area contributed by atoms with E-state index < -0.39 is 0 Å². The molecule has 0 bridgehead atoms. The first-order valence-corrected chi connectivity index (χ1v) is 7.82. The van der Waals surface area contributed by atoms with Gasteiger partial charge in [0.2, 0.25) is 11.8 Å². The third kappa shape index (κ3) is 2.95. The second kappa shape index (κ2) is 5.82. The molecule has 0 amide bonds. The van der Waals surface area contributed by atoms with Gasteiger partial charge in [-0.05, 0) is 12.1 Å². The molecule has 1 aromatic carbocycles. The van der Waals surface area contributed by atoms with E-state index in [1.165, 1.54) is 11.3 Å². The van der Waals surface area contributed by atoms with Crippen LogP contribution in [0.4, 0.5) is 5.13 Å². The summed E-state index contributed by atoms with van der Waals surface area (Å²) in [5.74, 6) is 1.53. The molecule has 0 spiro atoms. The van der Waals surface area contributed by atoms with E-state index in [0.29, 0.717) is 27.7 Å². The summed E-state index contributed by atoms with van der Waals surface area (Å²) < 4.78 is 6.62. The fraction of sp³-hybridized carbons (Fsp3) is 0.0833. The van der Waals surface area contributed by atoms with Crippen molar-refractivity contribution in [3.05, 3.63) is 41.4 Å². The van der Waals surface area contributed by atoms with Crippen molar-refractivity contribution in [3.63, 3.8) is 0 Å². The Labute approximate surface area is 128 Å². The average Bonchev–Trinajstić information content (AvgIpc) is 3.06. The van der Waals surface area contributed by atoms with Crippen LogP contribution in [-0.2, 0) is 5.75 Å². The Morgan fingerprint density at radius 2 is 2.15 bits per heavy atom. The third-order valence-electron chi connectivity index (χ3n) is 2.41. The zero-order valence-electron chi connectivity index (χ0n) is 10.1. The molecule has 8 heteroatoms. The lowest BCUT2D eigenvalue weighted by molar-refractivity contribution is 0.528. The van der Waals surface area contributed by atoms with Gasteiger partial charge in [0.1, 0.15) is 0 Å². The van der Waals surface area contributed by atoms with Gasteiger partial charge in [-0.2, -0.15) is 0 Å². The zero-order chi connectivity index (χ0) is 13.9. The lowest BCUT2D eigenvalue weighted by atomic mass is 10.2. The average molecular weight is 325 g/mol. The molecule has 2 heterocycles. The highest BCUT2D eigenvalue weighted by Crippen LogP contribution is 2.31. The predicted octanol–water partition coefficient (Wildman–Crippen LogP) is 3.72. The number of nitrogens with zero attached hydrogens (tertiary/aromatic N) is 3. The molecule has 0 saturated carbocycles. The van der Waals surface area contributed by atoms with Gasteiger partial charge in [-0.1, -0.05) is 35.1 Å². The van der Waals surface area contributed by atoms with Crippen LogP contribution in [0.3, 0.4) is 0 Å². The molecule has 3 rings (SSSR count). The first-order valence-electron chi connectivity index (χ1n) is 5.64. The first kappa shape index (κ1) is 13.4. The second-order valence-corrected chi connectivity index (χ2v) is 6.53. The maximum absolute atomic E-state index is 6.09. The van der Waals surface area contributed by atoms with Crippen molar-refractivity contribution < 1.29 is 4.42 Å². The molecule has 0 aliphatic heterocycles. The minimum Gasteiger partial charge on any atom is -0.420 e. The summed E-state index contributed by atoms with van der Waals surface area (Å²) in [6.45, 7) is 0. The Balaban J connectivity index is 1.72. The number of thioether (sulfide) groups is 1. The van der Waals surface area contributed by atoms with Gasteiger partial charge in [-0.15, -0.1) is 22.0 Å². The van der Waals surface area contributed by atoms with Crippen LogP contribution in [0, 0.1) is 0 Å². The second-order valence-electron chi connectivity index (χ2n) is 3.79. The van der Waals surface area contributed by atoms with E-state index in [0.717, 1.165) is 9.77 Å². The molecule has 0 saturated heterocycles. The lowest BCUT2D eigenvalue weighted by Crippen LogP contribution is -1.78. The van der Waals surface area contributed by atoms with Gasteiger partial charge < -0.3 is 10.2 Å². The summed E-state index contributed by atoms with van der Waals surface area (Å²) in [6, 6.07) is 7.36. The third-order valence-corrected chi connectivity index (χ3v) is 4.75. The van der Waals surface area contributed by atoms with Crippen LogP contribution in [0.15, 0.2) is 39.1 Å². The molecule has 5 nitrogen and oxygen atoms in total. The Hall–Kier alpha value is -1.57. The summed E-state index contributed by atoms with van der Waals surface area (Å²) in [6.07, 6.45) is 1.73. The summed E-state index contributed by atoms with van der Waals surface area (Å²) in [5, 5.41) is 9.17. The smallest absolute Gasteiger partial charge is 0.249 e. The molecule has 0 unspecified atom stereocenters. The summed E-state index contributed by atoms with van der Waals surface area (Å²) in [7, 11) is 0. The lowest BCUT2D eigenvalue weighted by Gasteiger charge is -1.96. The molecular formula is C12H9ClN4OS2. The Kier molecular flexibility index (Phi) is 3.90. The van der Waals surface area contributed by atoms with E-state index in [9.17, 15) is 0 Å². The normalized spacial score (nSPS) is 10.8. The van der Waals surface area contributed by atoms with Gasteiger partial charge in [0.25, 0.3) is 0 Å². The van der Waals surface area contributed by atoms with E-state index in [4.69, 9.17) is 21.8 Å². The number of halogens is 1. The van der Waals surface area contributed by atoms with Crippen molar-refractivity contribution in [2.45, 2.75) is 9.96 Å². The number of rotatable bonds is 4. The molecule has 0 fully saturated rings. The van der Waals surface area contributed by atoms with Crippen LogP contribution in [0.5, 0.6) is 0 Å². The molecule has 3 aromatic rings. The van der Waals surface area contributed by atoms with Crippen LogP contribution in [-0.4, -0.2) is 15.2 Å². The Bertz CT molecular complexity index is 728. The van der Waals surface area contributed by atoms with Gasteiger partial charge in [-0.3, -0.25) is 0 Å². The van der Waals surface area contributed by atoms with Crippen LogP contribution >= 0.6 is 34.7 Å². The zero-order valence-corrected chi connectivity index (χ0v) is 12.5. The molecule has 20 heavy (non-hydrogen) atoms. The molecule has 102 valence electrons. The highest BCUT2D eigenvalue weighted by atomic mass is 35.5. The largest absolute Gasteiger partial charge is 0.420 e. The topological polar surface area (TPSA) is 77.8 Å². The van der Waals surface area contributed by atoms with Gasteiger partial charge in [0.15, 0.2) is 5.13 Å². The molecule has 2 aromatic heterocycles. The number of nitrogens with two attached hydrogens (primary N) is 1. The van der Waals surface area contributed by atoms with Crippen molar-refractivity contribution >= 4 is 39.8 Å². The van der Waals surface area contributed by atoms with Crippen LogP contribution in [0.1, 0.15) is 5.89 Å². The highest BCUT2D eigenvalue weighted by molar-refractivity contribution is 8.00. The molecule has 0 radical (unpaired) electrons. The van der Waals surface area contributed by atoms with Crippen LogP contribution in [0.2, 0.25) is 5.02 Å². The van der Waals surface area contributed by atoms with Gasteiger partial charge in [0, 0.05) is 0 Å². The first-order chi connectivity index (χ1) is 9.72. The summed E-state index contributed by atoms with van der Waals surface area (Å²) in [4.78, 5) is 3.98. The summed E-state index contributed by atoms with van der Waals surface area (Å²) >= 11 is 9.08. The minimum absolute atomic E-state index is 0.426. The van der Waals surface area contributed by atoms with E-state index >= 15 is 0 Å². The fourth-order valence-electron chi connectivity index (χ4n) is 1.53. The molecular weight excluding hydrogens is 316 g/mol. The van der Waals surface area contributed by atoms with Crippen molar-refractivity contribution in [2.24, 2.45) is 0 Å². The predicted molar refractivity (Wildman–Crippen MR) is 80.8 cm³/mol. The van der Waals surface area contributed by atoms with Gasteiger partial charge >= 0.3 is 0 Å². The number of nitrogen functional groups attached to an aromatic ring is 1. The highest BCUT2D eigenvalue weighted by Gasteiger charge is 2.12. The number of benzene rings is 1.